The maximum Gasteiger partial charge on any atom is 0.125 e. The van der Waals surface area contributed by atoms with E-state index in [1.165, 1.54) is 0 Å². The number of hydrogen-bond acceptors (Lipinski definition) is 2. The molecule has 3 nitrogen and oxygen atoms in total. The van der Waals surface area contributed by atoms with Gasteiger partial charge in [0.1, 0.15) is 6.10 Å². The topological polar surface area (TPSA) is 30.4 Å². The van der Waals surface area contributed by atoms with E-state index in [0.717, 1.165) is 12.3 Å². The van der Waals surface area contributed by atoms with Gasteiger partial charge in [0.15, 0.2) is 0 Å². The molecule has 1 aliphatic rings. The van der Waals surface area contributed by atoms with Gasteiger partial charge in [-0.15, -0.1) is 0 Å². The smallest absolute Gasteiger partial charge is 0.125 e. The maximum absolute atomic E-state index is 5.03. The first-order valence-electron chi connectivity index (χ1n) is 2.97. The van der Waals surface area contributed by atoms with Crippen LogP contribution in [0.3, 0.4) is 0 Å². The number of rotatable bonds is 1. The van der Waals surface area contributed by atoms with Crippen LogP contribution in [0, 0.1) is 0 Å². The Balaban J connectivity index is 2.28. The molecule has 1 fully saturated rings. The van der Waals surface area contributed by atoms with Gasteiger partial charge in [-0.05, 0) is 6.07 Å². The van der Waals surface area contributed by atoms with E-state index in [1.54, 1.807) is 4.68 Å². The van der Waals surface area contributed by atoms with Gasteiger partial charge in [0, 0.05) is 13.2 Å². The minimum absolute atomic E-state index is 0.297. The van der Waals surface area contributed by atoms with Crippen molar-refractivity contribution in [1.29, 1.82) is 0 Å². The van der Waals surface area contributed by atoms with Crippen LogP contribution in [0.5, 0.6) is 0 Å². The van der Waals surface area contributed by atoms with Gasteiger partial charge in [0.05, 0.1) is 12.3 Å². The zero-order valence-electron chi connectivity index (χ0n) is 5.24. The molecule has 0 spiro atoms. The third-order valence-electron chi connectivity index (χ3n) is 1.40. The number of aromatic nitrogens is 2. The van der Waals surface area contributed by atoms with Crippen LogP contribution in [0.25, 0.3) is 0 Å². The Morgan fingerprint density at radius 3 is 3.11 bits per heavy atom. The van der Waals surface area contributed by atoms with Gasteiger partial charge in [-0.3, -0.25) is 4.68 Å². The molecule has 1 aromatic heterocycles. The molecule has 3 heteroatoms. The van der Waals surface area contributed by atoms with Gasteiger partial charge < -0.3 is 4.74 Å². The second kappa shape index (κ2) is 1.57. The van der Waals surface area contributed by atoms with Crippen LogP contribution >= 0.6 is 0 Å². The molecule has 0 saturated carbocycles. The summed E-state index contributed by atoms with van der Waals surface area (Å²) in [4.78, 5) is 0. The first-order valence-corrected chi connectivity index (χ1v) is 2.97. The first kappa shape index (κ1) is 4.99. The van der Waals surface area contributed by atoms with Crippen LogP contribution in [0.4, 0.5) is 0 Å². The fraction of sp³-hybridized carbons (Fsp3) is 0.500. The van der Waals surface area contributed by atoms with Crippen LogP contribution in [-0.2, 0) is 11.8 Å². The largest absolute Gasteiger partial charge is 0.366 e. The fourth-order valence-electron chi connectivity index (χ4n) is 0.824. The zero-order valence-corrected chi connectivity index (χ0v) is 5.24. The average Bonchev–Trinajstić information content (AvgIpc) is 2.58. The van der Waals surface area contributed by atoms with E-state index < -0.39 is 0 Å². The summed E-state index contributed by atoms with van der Waals surface area (Å²) in [5, 5.41) is 4.16. The summed E-state index contributed by atoms with van der Waals surface area (Å²) in [5.74, 6) is 0. The molecule has 1 saturated heterocycles. The van der Waals surface area contributed by atoms with Gasteiger partial charge in [-0.1, -0.05) is 0 Å². The molecule has 0 aromatic carbocycles. The summed E-state index contributed by atoms with van der Waals surface area (Å²) in [5.41, 5.74) is 1.05. The minimum Gasteiger partial charge on any atom is -0.366 e. The van der Waals surface area contributed by atoms with Crippen molar-refractivity contribution < 1.29 is 4.74 Å². The maximum atomic E-state index is 5.03. The first-order chi connectivity index (χ1) is 4.36. The highest BCUT2D eigenvalue weighted by atomic mass is 16.6. The highest BCUT2D eigenvalue weighted by Crippen LogP contribution is 2.27. The molecule has 0 N–H and O–H groups in total. The number of ether oxygens (including phenoxy) is 1. The number of aryl methyl sites for hydroxylation is 1. The summed E-state index contributed by atoms with van der Waals surface area (Å²) in [7, 11) is 1.91. The van der Waals surface area contributed by atoms with Crippen LogP contribution in [0.1, 0.15) is 11.8 Å². The van der Waals surface area contributed by atoms with Crippen LogP contribution in [-0.4, -0.2) is 16.4 Å². The summed E-state index contributed by atoms with van der Waals surface area (Å²) in [6, 6.07) is 1.98. The van der Waals surface area contributed by atoms with E-state index in [0.29, 0.717) is 6.10 Å². The lowest BCUT2D eigenvalue weighted by atomic mass is 10.3. The molecule has 0 radical (unpaired) electrons. The highest BCUT2D eigenvalue weighted by Gasteiger charge is 2.26. The highest BCUT2D eigenvalue weighted by molar-refractivity contribution is 5.06. The Bertz CT molecular complexity index is 215. The molecule has 1 atom stereocenters. The quantitative estimate of drug-likeness (QED) is 0.510. The van der Waals surface area contributed by atoms with Gasteiger partial charge in [-0.2, -0.15) is 5.10 Å². The fourth-order valence-corrected chi connectivity index (χ4v) is 0.824. The zero-order chi connectivity index (χ0) is 6.27. The number of nitrogens with zero attached hydrogens (tertiary/aromatic N) is 2. The molecule has 0 bridgehead atoms. The van der Waals surface area contributed by atoms with Crippen LogP contribution in [0.15, 0.2) is 12.3 Å². The summed E-state index contributed by atoms with van der Waals surface area (Å²) in [6.07, 6.45) is 2.22. The van der Waals surface area contributed by atoms with Crippen molar-refractivity contribution in [2.24, 2.45) is 7.05 Å². The third kappa shape index (κ3) is 0.833. The SMILES string of the molecule is Cn1ccc([C@H]2CO2)n1. The Morgan fingerprint density at radius 1 is 1.89 bits per heavy atom. The van der Waals surface area contributed by atoms with Crippen molar-refractivity contribution >= 4 is 0 Å². The molecule has 2 heterocycles. The lowest BCUT2D eigenvalue weighted by Gasteiger charge is -1.83. The molecule has 1 aromatic rings. The Kier molecular flexibility index (Phi) is 0.873. The Labute approximate surface area is 53.2 Å². The lowest BCUT2D eigenvalue weighted by Crippen LogP contribution is -1.89. The number of epoxide rings is 1. The molecule has 48 valence electrons. The predicted molar refractivity (Wildman–Crippen MR) is 31.9 cm³/mol. The molecule has 1 aliphatic heterocycles. The van der Waals surface area contributed by atoms with Gasteiger partial charge >= 0.3 is 0 Å². The molecule has 9 heavy (non-hydrogen) atoms. The molecule has 0 aliphatic carbocycles. The van der Waals surface area contributed by atoms with E-state index in [1.807, 2.05) is 19.3 Å². The standard InChI is InChI=1S/C6H8N2O/c1-8-3-2-5(7-8)6-4-9-6/h2-3,6H,4H2,1H3/t6-/m1/s1. The second-order valence-electron chi connectivity index (χ2n) is 2.24. The molecular weight excluding hydrogens is 116 g/mol. The summed E-state index contributed by atoms with van der Waals surface area (Å²) in [6.45, 7) is 0.844. The molecular formula is C6H8N2O. The van der Waals surface area contributed by atoms with Crippen LogP contribution < -0.4 is 0 Å². The second-order valence-corrected chi connectivity index (χ2v) is 2.24. The van der Waals surface area contributed by atoms with Crippen molar-refractivity contribution in [1.82, 2.24) is 9.78 Å². The van der Waals surface area contributed by atoms with Crippen molar-refractivity contribution in [3.05, 3.63) is 18.0 Å². The number of hydrogen-bond donors (Lipinski definition) is 0. The summed E-state index contributed by atoms with van der Waals surface area (Å²) < 4.78 is 6.82. The lowest BCUT2D eigenvalue weighted by molar-refractivity contribution is 0.409. The average molecular weight is 124 g/mol. The van der Waals surface area contributed by atoms with Crippen molar-refractivity contribution in [3.63, 3.8) is 0 Å². The molecule has 2 rings (SSSR count). The van der Waals surface area contributed by atoms with Gasteiger partial charge in [0.2, 0.25) is 0 Å². The summed E-state index contributed by atoms with van der Waals surface area (Å²) >= 11 is 0. The predicted octanol–water partition coefficient (Wildman–Crippen LogP) is 0.491. The van der Waals surface area contributed by atoms with E-state index in [-0.39, 0.29) is 0 Å². The molecule has 0 unspecified atom stereocenters. The van der Waals surface area contributed by atoms with E-state index in [9.17, 15) is 0 Å². The van der Waals surface area contributed by atoms with Gasteiger partial charge in [-0.25, -0.2) is 0 Å². The van der Waals surface area contributed by atoms with Crippen molar-refractivity contribution in [3.8, 4) is 0 Å². The Hall–Kier alpha value is -0.830. The van der Waals surface area contributed by atoms with E-state index in [4.69, 9.17) is 4.74 Å². The van der Waals surface area contributed by atoms with Gasteiger partial charge in [0.25, 0.3) is 0 Å². The Morgan fingerprint density at radius 2 is 2.67 bits per heavy atom. The van der Waals surface area contributed by atoms with Crippen molar-refractivity contribution in [2.45, 2.75) is 6.10 Å². The van der Waals surface area contributed by atoms with E-state index in [2.05, 4.69) is 5.10 Å². The van der Waals surface area contributed by atoms with E-state index >= 15 is 0 Å². The third-order valence-corrected chi connectivity index (χ3v) is 1.40. The molecule has 0 amide bonds. The van der Waals surface area contributed by atoms with Crippen molar-refractivity contribution in [2.75, 3.05) is 6.61 Å². The monoisotopic (exact) mass is 124 g/mol. The normalized spacial score (nSPS) is 24.3. The van der Waals surface area contributed by atoms with Crippen LogP contribution in [0.2, 0.25) is 0 Å². The minimum atomic E-state index is 0.297.